The molecule has 0 aliphatic heterocycles. The van der Waals surface area contributed by atoms with Gasteiger partial charge in [0, 0.05) is 11.3 Å². The molecule has 0 radical (unpaired) electrons. The van der Waals surface area contributed by atoms with Crippen LogP contribution in [0.5, 0.6) is 0 Å². The summed E-state index contributed by atoms with van der Waals surface area (Å²) in [6, 6.07) is 9.88. The number of carbonyl (C=O) groups is 1. The van der Waals surface area contributed by atoms with E-state index in [1.807, 2.05) is 29.6 Å². The molecule has 2 rings (SSSR count). The molecule has 1 heterocycles. The molecule has 0 bridgehead atoms. The predicted octanol–water partition coefficient (Wildman–Crippen LogP) is 5.30. The number of nitrogens with one attached hydrogen (secondary N) is 1. The topological polar surface area (TPSA) is 55.1 Å². The van der Waals surface area contributed by atoms with Crippen molar-refractivity contribution in [2.45, 2.75) is 45.4 Å². The Hall–Kier alpha value is -1.81. The quantitative estimate of drug-likeness (QED) is 0.513. The minimum Gasteiger partial charge on any atom is -0.397 e. The second-order valence-electron chi connectivity index (χ2n) is 5.49. The lowest BCUT2D eigenvalue weighted by molar-refractivity contribution is -0.116. The van der Waals surface area contributed by atoms with E-state index in [1.165, 1.54) is 24.1 Å². The van der Waals surface area contributed by atoms with Crippen molar-refractivity contribution < 1.29 is 4.79 Å². The average Bonchev–Trinajstić information content (AvgIpc) is 3.03. The molecule has 1 aromatic heterocycles. The van der Waals surface area contributed by atoms with Crippen LogP contribution in [0, 0.1) is 0 Å². The van der Waals surface area contributed by atoms with Crippen LogP contribution in [0.15, 0.2) is 35.7 Å². The number of hydrogen-bond donors (Lipinski definition) is 2. The van der Waals surface area contributed by atoms with Gasteiger partial charge >= 0.3 is 0 Å². The number of anilines is 2. The summed E-state index contributed by atoms with van der Waals surface area (Å²) in [6.07, 6.45) is 6.30. The minimum absolute atomic E-state index is 0.0477. The molecule has 0 atom stereocenters. The fraction of sp³-hybridized carbons (Fsp3) is 0.389. The van der Waals surface area contributed by atoms with Gasteiger partial charge in [0.25, 0.3) is 0 Å². The smallest absolute Gasteiger partial charge is 0.224 e. The van der Waals surface area contributed by atoms with E-state index in [4.69, 9.17) is 5.73 Å². The molecule has 3 N–H and O–H groups in total. The lowest BCUT2D eigenvalue weighted by Gasteiger charge is -2.10. The number of carbonyl (C=O) groups excluding carboxylic acids is 1. The molecule has 0 unspecified atom stereocenters. The van der Waals surface area contributed by atoms with Gasteiger partial charge in [0.05, 0.1) is 11.4 Å². The third kappa shape index (κ3) is 4.88. The van der Waals surface area contributed by atoms with Crippen LogP contribution in [-0.2, 0) is 4.79 Å². The van der Waals surface area contributed by atoms with E-state index in [9.17, 15) is 4.79 Å². The highest BCUT2D eigenvalue weighted by Gasteiger charge is 2.07. The molecule has 1 aromatic carbocycles. The largest absolute Gasteiger partial charge is 0.397 e. The van der Waals surface area contributed by atoms with Crippen LogP contribution >= 0.6 is 11.3 Å². The molecular weight excluding hydrogens is 292 g/mol. The molecule has 4 heteroatoms. The Morgan fingerprint density at radius 1 is 1.18 bits per heavy atom. The van der Waals surface area contributed by atoms with Crippen LogP contribution in [-0.4, -0.2) is 5.91 Å². The van der Waals surface area contributed by atoms with Gasteiger partial charge in [-0.15, -0.1) is 11.3 Å². The maximum Gasteiger partial charge on any atom is 0.224 e. The number of amides is 1. The van der Waals surface area contributed by atoms with Gasteiger partial charge in [-0.05, 0) is 35.6 Å². The van der Waals surface area contributed by atoms with Crippen molar-refractivity contribution in [1.82, 2.24) is 0 Å². The van der Waals surface area contributed by atoms with Crippen molar-refractivity contribution >= 4 is 28.6 Å². The van der Waals surface area contributed by atoms with Gasteiger partial charge in [-0.25, -0.2) is 0 Å². The zero-order valence-corrected chi connectivity index (χ0v) is 13.9. The summed E-state index contributed by atoms with van der Waals surface area (Å²) in [5, 5.41) is 4.99. The fourth-order valence-electron chi connectivity index (χ4n) is 2.36. The van der Waals surface area contributed by atoms with Gasteiger partial charge < -0.3 is 11.1 Å². The molecule has 1 amide bonds. The molecule has 0 saturated carbocycles. The first-order valence-corrected chi connectivity index (χ1v) is 8.82. The molecule has 2 aromatic rings. The second-order valence-corrected chi connectivity index (χ2v) is 6.44. The number of rotatable bonds is 8. The van der Waals surface area contributed by atoms with Crippen LogP contribution in [0.4, 0.5) is 11.4 Å². The Labute approximate surface area is 136 Å². The molecule has 0 saturated heterocycles. The number of thiophene rings is 1. The Morgan fingerprint density at radius 2 is 2.00 bits per heavy atom. The van der Waals surface area contributed by atoms with Crippen LogP contribution in [0.25, 0.3) is 10.4 Å². The Balaban J connectivity index is 1.91. The van der Waals surface area contributed by atoms with Gasteiger partial charge in [0.1, 0.15) is 0 Å². The third-order valence-corrected chi connectivity index (χ3v) is 4.56. The molecule has 0 aliphatic rings. The third-order valence-electron chi connectivity index (χ3n) is 3.64. The zero-order chi connectivity index (χ0) is 15.8. The Kier molecular flexibility index (Phi) is 6.46. The van der Waals surface area contributed by atoms with E-state index in [0.717, 1.165) is 18.4 Å². The maximum absolute atomic E-state index is 12.0. The van der Waals surface area contributed by atoms with Crippen LogP contribution in [0.3, 0.4) is 0 Å². The summed E-state index contributed by atoms with van der Waals surface area (Å²) in [7, 11) is 0. The summed E-state index contributed by atoms with van der Waals surface area (Å²) in [5.41, 5.74) is 8.38. The number of unbranched alkanes of at least 4 members (excludes halogenated alkanes) is 4. The summed E-state index contributed by atoms with van der Waals surface area (Å²) < 4.78 is 0. The SMILES string of the molecule is CCCCCCCC(=O)Nc1cc(-c2cccs2)ccc1N. The highest BCUT2D eigenvalue weighted by atomic mass is 32.1. The number of nitrogen functional groups attached to an aromatic ring is 1. The number of hydrogen-bond acceptors (Lipinski definition) is 3. The standard InChI is InChI=1S/C18H24N2OS/c1-2-3-4-5-6-9-18(21)20-16-13-14(10-11-15(16)19)17-8-7-12-22-17/h7-8,10-13H,2-6,9,19H2,1H3,(H,20,21). The summed E-state index contributed by atoms with van der Waals surface area (Å²) in [5.74, 6) is 0.0477. The fourth-order valence-corrected chi connectivity index (χ4v) is 3.09. The summed E-state index contributed by atoms with van der Waals surface area (Å²) in [6.45, 7) is 2.19. The van der Waals surface area contributed by atoms with E-state index >= 15 is 0 Å². The van der Waals surface area contributed by atoms with Crippen LogP contribution < -0.4 is 11.1 Å². The molecule has 0 fully saturated rings. The number of benzene rings is 1. The Morgan fingerprint density at radius 3 is 2.73 bits per heavy atom. The minimum atomic E-state index is 0.0477. The first kappa shape index (κ1) is 16.6. The Bertz CT molecular complexity index is 593. The predicted molar refractivity (Wildman–Crippen MR) is 96.2 cm³/mol. The maximum atomic E-state index is 12.0. The first-order chi connectivity index (χ1) is 10.7. The van der Waals surface area contributed by atoms with Crippen molar-refractivity contribution in [3.63, 3.8) is 0 Å². The monoisotopic (exact) mass is 316 g/mol. The first-order valence-electron chi connectivity index (χ1n) is 7.94. The zero-order valence-electron chi connectivity index (χ0n) is 13.1. The second kappa shape index (κ2) is 8.59. The van der Waals surface area contributed by atoms with Gasteiger partial charge in [0.2, 0.25) is 5.91 Å². The van der Waals surface area contributed by atoms with Crippen molar-refractivity contribution in [2.75, 3.05) is 11.1 Å². The van der Waals surface area contributed by atoms with Gasteiger partial charge in [-0.1, -0.05) is 44.7 Å². The number of nitrogens with two attached hydrogens (primary N) is 1. The van der Waals surface area contributed by atoms with E-state index in [2.05, 4.69) is 18.3 Å². The van der Waals surface area contributed by atoms with E-state index in [0.29, 0.717) is 17.8 Å². The van der Waals surface area contributed by atoms with Crippen LogP contribution in [0.1, 0.15) is 45.4 Å². The van der Waals surface area contributed by atoms with Crippen LogP contribution in [0.2, 0.25) is 0 Å². The van der Waals surface area contributed by atoms with Crippen molar-refractivity contribution in [3.8, 4) is 10.4 Å². The summed E-state index contributed by atoms with van der Waals surface area (Å²) >= 11 is 1.68. The van der Waals surface area contributed by atoms with Gasteiger partial charge in [-0.2, -0.15) is 0 Å². The molecular formula is C18H24N2OS. The van der Waals surface area contributed by atoms with Gasteiger partial charge in [0.15, 0.2) is 0 Å². The van der Waals surface area contributed by atoms with Gasteiger partial charge in [-0.3, -0.25) is 4.79 Å². The van der Waals surface area contributed by atoms with E-state index in [1.54, 1.807) is 11.3 Å². The summed E-state index contributed by atoms with van der Waals surface area (Å²) in [4.78, 5) is 13.2. The highest BCUT2D eigenvalue weighted by Crippen LogP contribution is 2.30. The lowest BCUT2D eigenvalue weighted by atomic mass is 10.1. The lowest BCUT2D eigenvalue weighted by Crippen LogP contribution is -2.12. The van der Waals surface area contributed by atoms with E-state index < -0.39 is 0 Å². The molecule has 22 heavy (non-hydrogen) atoms. The average molecular weight is 316 g/mol. The normalized spacial score (nSPS) is 10.6. The van der Waals surface area contributed by atoms with Crippen molar-refractivity contribution in [1.29, 1.82) is 0 Å². The molecule has 0 aliphatic carbocycles. The molecule has 118 valence electrons. The van der Waals surface area contributed by atoms with Crippen molar-refractivity contribution in [2.24, 2.45) is 0 Å². The molecule has 0 spiro atoms. The molecule has 3 nitrogen and oxygen atoms in total. The highest BCUT2D eigenvalue weighted by molar-refractivity contribution is 7.13. The van der Waals surface area contributed by atoms with Crippen molar-refractivity contribution in [3.05, 3.63) is 35.7 Å². The van der Waals surface area contributed by atoms with E-state index in [-0.39, 0.29) is 5.91 Å².